The molecule has 1 aliphatic rings. The van der Waals surface area contributed by atoms with E-state index in [-0.39, 0.29) is 0 Å². The molecule has 1 fully saturated rings. The summed E-state index contributed by atoms with van der Waals surface area (Å²) in [6.45, 7) is 2.31. The lowest BCUT2D eigenvalue weighted by Crippen LogP contribution is -2.25. The van der Waals surface area contributed by atoms with Crippen LogP contribution in [0.3, 0.4) is 0 Å². The van der Waals surface area contributed by atoms with Crippen LogP contribution in [0.2, 0.25) is 12.1 Å². The number of rotatable bonds is 2. The predicted molar refractivity (Wildman–Crippen MR) is 42.5 cm³/mol. The maximum Gasteiger partial charge on any atom is 0.0714 e. The lowest BCUT2D eigenvalue weighted by Gasteiger charge is -2.13. The molecule has 0 saturated carbocycles. The first-order chi connectivity index (χ1) is 4.38. The van der Waals surface area contributed by atoms with Gasteiger partial charge in [-0.05, 0) is 6.42 Å². The zero-order chi connectivity index (χ0) is 6.69. The Morgan fingerprint density at radius 3 is 2.89 bits per heavy atom. The second-order valence-electron chi connectivity index (χ2n) is 2.87. The summed E-state index contributed by atoms with van der Waals surface area (Å²) in [5.41, 5.74) is 0.718. The highest BCUT2D eigenvalue weighted by atomic mass is 28.3. The lowest BCUT2D eigenvalue weighted by molar-refractivity contribution is 0.160. The molecule has 0 radical (unpaired) electrons. The van der Waals surface area contributed by atoms with Gasteiger partial charge in [0.25, 0.3) is 0 Å². The monoisotopic (exact) mass is 144 g/mol. The van der Waals surface area contributed by atoms with Crippen molar-refractivity contribution in [2.24, 2.45) is 0 Å². The molecule has 0 spiro atoms. The van der Waals surface area contributed by atoms with Gasteiger partial charge in [0.2, 0.25) is 0 Å². The highest BCUT2D eigenvalue weighted by molar-refractivity contribution is 6.60. The van der Waals surface area contributed by atoms with Gasteiger partial charge in [-0.15, -0.1) is 0 Å². The summed E-state index contributed by atoms with van der Waals surface area (Å²) < 4.78 is 5.38. The van der Waals surface area contributed by atoms with Crippen LogP contribution in [0.1, 0.15) is 19.8 Å². The first kappa shape index (κ1) is 7.29. The Morgan fingerprint density at radius 1 is 1.67 bits per heavy atom. The molecule has 1 aliphatic heterocycles. The van der Waals surface area contributed by atoms with Crippen molar-refractivity contribution in [1.29, 1.82) is 0 Å². The third-order valence-electron chi connectivity index (χ3n) is 2.42. The molecule has 1 heterocycles. The van der Waals surface area contributed by atoms with E-state index in [1.165, 1.54) is 24.9 Å². The molecule has 54 valence electrons. The number of hydrogen-bond acceptors (Lipinski definition) is 1. The Balaban J connectivity index is 2.32. The summed E-state index contributed by atoms with van der Waals surface area (Å²) in [5, 5.41) is 0. The summed E-state index contributed by atoms with van der Waals surface area (Å²) in [7, 11) is 1.47. The van der Waals surface area contributed by atoms with E-state index in [0.29, 0.717) is 0 Å². The van der Waals surface area contributed by atoms with Crippen molar-refractivity contribution in [3.05, 3.63) is 0 Å². The fraction of sp³-hybridized carbons (Fsp3) is 1.00. The van der Waals surface area contributed by atoms with Crippen LogP contribution in [-0.2, 0) is 4.74 Å². The smallest absolute Gasteiger partial charge is 0.0714 e. The van der Waals surface area contributed by atoms with E-state index in [1.54, 1.807) is 0 Å². The van der Waals surface area contributed by atoms with E-state index in [2.05, 4.69) is 6.92 Å². The van der Waals surface area contributed by atoms with Gasteiger partial charge in [0.15, 0.2) is 0 Å². The quantitative estimate of drug-likeness (QED) is 0.535. The van der Waals surface area contributed by atoms with Crippen LogP contribution in [0.5, 0.6) is 0 Å². The minimum absolute atomic E-state index is 0.397. The van der Waals surface area contributed by atoms with Crippen LogP contribution in [0.4, 0.5) is 0 Å². The van der Waals surface area contributed by atoms with Crippen LogP contribution < -0.4 is 0 Å². The average Bonchev–Trinajstić information content (AvgIpc) is 2.33. The molecule has 0 aromatic carbocycles. The van der Waals surface area contributed by atoms with E-state index in [9.17, 15) is 0 Å². The predicted octanol–water partition coefficient (Wildman–Crippen LogP) is 1.58. The fourth-order valence-corrected chi connectivity index (χ4v) is 4.94. The van der Waals surface area contributed by atoms with Crippen molar-refractivity contribution in [3.8, 4) is 0 Å². The van der Waals surface area contributed by atoms with Gasteiger partial charge in [-0.25, -0.2) is 0 Å². The number of methoxy groups -OCH3 is 1. The number of ether oxygens (including phenoxy) is 1. The van der Waals surface area contributed by atoms with Crippen molar-refractivity contribution in [2.45, 2.75) is 37.6 Å². The van der Waals surface area contributed by atoms with Gasteiger partial charge in [-0.2, -0.15) is 0 Å². The molecule has 0 bridgehead atoms. The average molecular weight is 144 g/mol. The third kappa shape index (κ3) is 1.55. The van der Waals surface area contributed by atoms with Gasteiger partial charge in [-0.3, -0.25) is 0 Å². The molecule has 9 heavy (non-hydrogen) atoms. The van der Waals surface area contributed by atoms with Crippen LogP contribution in [-0.4, -0.2) is 21.6 Å². The molecule has 2 unspecified atom stereocenters. The van der Waals surface area contributed by atoms with Crippen LogP contribution in [0, 0.1) is 0 Å². The molecular weight excluding hydrogens is 128 g/mol. The molecule has 1 saturated heterocycles. The highest BCUT2D eigenvalue weighted by Crippen LogP contribution is 2.23. The van der Waals surface area contributed by atoms with Gasteiger partial charge >= 0.3 is 0 Å². The van der Waals surface area contributed by atoms with Crippen LogP contribution in [0.15, 0.2) is 0 Å². The summed E-state index contributed by atoms with van der Waals surface area (Å²) >= 11 is 0. The van der Waals surface area contributed by atoms with Crippen molar-refractivity contribution < 1.29 is 4.74 Å². The summed E-state index contributed by atoms with van der Waals surface area (Å²) in [6.07, 6.45) is 2.78. The minimum atomic E-state index is -0.397. The first-order valence-electron chi connectivity index (χ1n) is 3.91. The van der Waals surface area contributed by atoms with Crippen LogP contribution in [0.25, 0.3) is 0 Å². The maximum absolute atomic E-state index is 5.38. The molecule has 2 atom stereocenters. The summed E-state index contributed by atoms with van der Waals surface area (Å²) in [6, 6.07) is 2.95. The standard InChI is InChI=1S/C7H16OSi/c1-3-9-6-4-5-7(9)8-2/h7,9H,3-6H2,1-2H3. The van der Waals surface area contributed by atoms with Gasteiger partial charge < -0.3 is 4.74 Å². The Kier molecular flexibility index (Phi) is 2.73. The Labute approximate surface area is 59.0 Å². The topological polar surface area (TPSA) is 9.23 Å². The largest absolute Gasteiger partial charge is 0.385 e. The minimum Gasteiger partial charge on any atom is -0.385 e. The normalized spacial score (nSPS) is 35.3. The number of hydrogen-bond donors (Lipinski definition) is 0. The van der Waals surface area contributed by atoms with E-state index in [4.69, 9.17) is 4.74 Å². The van der Waals surface area contributed by atoms with Crippen molar-refractivity contribution in [2.75, 3.05) is 7.11 Å². The Bertz CT molecular complexity index is 75.0. The van der Waals surface area contributed by atoms with Crippen molar-refractivity contribution in [3.63, 3.8) is 0 Å². The first-order valence-corrected chi connectivity index (χ1v) is 6.21. The summed E-state index contributed by atoms with van der Waals surface area (Å²) in [4.78, 5) is 0. The molecule has 1 nitrogen and oxygen atoms in total. The molecule has 2 heteroatoms. The zero-order valence-corrected chi connectivity index (χ0v) is 7.55. The van der Waals surface area contributed by atoms with Crippen molar-refractivity contribution >= 4 is 8.80 Å². The highest BCUT2D eigenvalue weighted by Gasteiger charge is 2.26. The molecule has 0 aromatic heterocycles. The molecule has 0 aromatic rings. The Hall–Kier alpha value is 0.177. The zero-order valence-electron chi connectivity index (χ0n) is 6.39. The van der Waals surface area contributed by atoms with E-state index >= 15 is 0 Å². The van der Waals surface area contributed by atoms with Gasteiger partial charge in [0.05, 0.1) is 8.80 Å². The third-order valence-corrected chi connectivity index (χ3v) is 6.27. The Morgan fingerprint density at radius 2 is 2.44 bits per heavy atom. The van der Waals surface area contributed by atoms with Crippen molar-refractivity contribution in [1.82, 2.24) is 0 Å². The van der Waals surface area contributed by atoms with E-state index in [0.717, 1.165) is 5.73 Å². The SMILES string of the molecule is CC[SiH]1CCCC1OC. The molecule has 1 rings (SSSR count). The summed E-state index contributed by atoms with van der Waals surface area (Å²) in [5.74, 6) is 0. The second kappa shape index (κ2) is 3.37. The van der Waals surface area contributed by atoms with Gasteiger partial charge in [0, 0.05) is 12.8 Å². The van der Waals surface area contributed by atoms with E-state index in [1.807, 2.05) is 7.11 Å². The maximum atomic E-state index is 5.38. The van der Waals surface area contributed by atoms with Gasteiger partial charge in [-0.1, -0.05) is 25.4 Å². The lowest BCUT2D eigenvalue weighted by atomic mass is 10.4. The second-order valence-corrected chi connectivity index (χ2v) is 6.53. The van der Waals surface area contributed by atoms with Gasteiger partial charge in [0.1, 0.15) is 0 Å². The molecule has 0 amide bonds. The van der Waals surface area contributed by atoms with E-state index < -0.39 is 8.80 Å². The fourth-order valence-electron chi connectivity index (χ4n) is 1.78. The molecule has 0 N–H and O–H groups in total. The molecule has 0 aliphatic carbocycles. The van der Waals surface area contributed by atoms with Crippen LogP contribution >= 0.6 is 0 Å². The molecular formula is C7H16OSi.